The normalized spacial score (nSPS) is 33.4. The van der Waals surface area contributed by atoms with Crippen molar-refractivity contribution in [1.82, 2.24) is 15.1 Å². The summed E-state index contributed by atoms with van der Waals surface area (Å²) in [5.74, 6) is 0.639. The van der Waals surface area contributed by atoms with E-state index in [2.05, 4.69) is 29.0 Å². The second kappa shape index (κ2) is 7.91. The molecule has 4 heteroatoms. The lowest BCUT2D eigenvalue weighted by Gasteiger charge is -2.39. The maximum atomic E-state index is 9.76. The molecule has 4 nitrogen and oxygen atoms in total. The summed E-state index contributed by atoms with van der Waals surface area (Å²) < 4.78 is 0. The highest BCUT2D eigenvalue weighted by atomic mass is 16.3. The minimum atomic E-state index is -0.00144. The summed E-state index contributed by atoms with van der Waals surface area (Å²) in [5, 5.41) is 13.2. The van der Waals surface area contributed by atoms with Crippen LogP contribution in [0, 0.1) is 5.92 Å². The molecule has 2 N–H and O–H groups in total. The van der Waals surface area contributed by atoms with Gasteiger partial charge in [-0.3, -0.25) is 4.90 Å². The molecule has 1 aliphatic carbocycles. The van der Waals surface area contributed by atoms with Gasteiger partial charge >= 0.3 is 0 Å². The van der Waals surface area contributed by atoms with Gasteiger partial charge in [0.2, 0.25) is 0 Å². The molecule has 3 unspecified atom stereocenters. The molecule has 0 spiro atoms. The Balaban J connectivity index is 1.74. The molecule has 1 saturated carbocycles. The van der Waals surface area contributed by atoms with Crippen molar-refractivity contribution in [1.29, 1.82) is 0 Å². The van der Waals surface area contributed by atoms with Crippen molar-refractivity contribution in [3.63, 3.8) is 0 Å². The van der Waals surface area contributed by atoms with Gasteiger partial charge in [-0.25, -0.2) is 0 Å². The highest BCUT2D eigenvalue weighted by molar-refractivity contribution is 4.98. The van der Waals surface area contributed by atoms with Gasteiger partial charge in [0.15, 0.2) is 0 Å². The lowest BCUT2D eigenvalue weighted by molar-refractivity contribution is 0.0833. The minimum absolute atomic E-state index is 0.00144. The first kappa shape index (κ1) is 17.2. The molecular formula is C17H35N3O. The molecule has 2 aliphatic rings. The quantitative estimate of drug-likeness (QED) is 0.748. The molecule has 2 rings (SSSR count). The van der Waals surface area contributed by atoms with Crippen molar-refractivity contribution in [2.75, 3.05) is 46.4 Å². The van der Waals surface area contributed by atoms with Crippen molar-refractivity contribution in [3.05, 3.63) is 0 Å². The van der Waals surface area contributed by atoms with E-state index in [0.29, 0.717) is 5.92 Å². The first-order valence-electron chi connectivity index (χ1n) is 8.91. The molecule has 0 aromatic rings. The highest BCUT2D eigenvalue weighted by Gasteiger charge is 2.40. The Hall–Kier alpha value is -0.160. The Morgan fingerprint density at radius 2 is 2.00 bits per heavy atom. The maximum Gasteiger partial charge on any atom is 0.0615 e. The third-order valence-corrected chi connectivity index (χ3v) is 6.15. The number of hydrogen-bond donors (Lipinski definition) is 2. The Morgan fingerprint density at radius 3 is 2.57 bits per heavy atom. The Morgan fingerprint density at radius 1 is 1.29 bits per heavy atom. The molecule has 1 heterocycles. The van der Waals surface area contributed by atoms with E-state index in [1.807, 2.05) is 7.05 Å². The van der Waals surface area contributed by atoms with Crippen LogP contribution in [-0.4, -0.2) is 72.9 Å². The Labute approximate surface area is 130 Å². The number of likely N-dealkylation sites (N-methyl/N-ethyl adjacent to an activating group) is 1. The van der Waals surface area contributed by atoms with Crippen LogP contribution in [0.4, 0.5) is 0 Å². The first-order valence-corrected chi connectivity index (χ1v) is 8.91. The van der Waals surface area contributed by atoms with Crippen molar-refractivity contribution in [3.8, 4) is 0 Å². The van der Waals surface area contributed by atoms with Gasteiger partial charge in [-0.1, -0.05) is 13.3 Å². The van der Waals surface area contributed by atoms with E-state index in [1.165, 1.54) is 58.4 Å². The highest BCUT2D eigenvalue weighted by Crippen LogP contribution is 2.37. The molecule has 21 heavy (non-hydrogen) atoms. The molecule has 0 bridgehead atoms. The van der Waals surface area contributed by atoms with E-state index < -0.39 is 0 Å². The van der Waals surface area contributed by atoms with Gasteiger partial charge in [-0.15, -0.1) is 0 Å². The number of aliphatic hydroxyl groups excluding tert-OH is 1. The van der Waals surface area contributed by atoms with Crippen LogP contribution in [0.3, 0.4) is 0 Å². The zero-order valence-electron chi connectivity index (χ0n) is 14.3. The van der Waals surface area contributed by atoms with Crippen LogP contribution in [0.2, 0.25) is 0 Å². The van der Waals surface area contributed by atoms with Crippen molar-refractivity contribution < 1.29 is 5.11 Å². The van der Waals surface area contributed by atoms with Crippen LogP contribution in [0.1, 0.15) is 46.0 Å². The van der Waals surface area contributed by atoms with Crippen LogP contribution in [-0.2, 0) is 0 Å². The lowest BCUT2D eigenvalue weighted by Crippen LogP contribution is -2.52. The molecule has 0 aromatic carbocycles. The second-order valence-corrected chi connectivity index (χ2v) is 7.08. The summed E-state index contributed by atoms with van der Waals surface area (Å²) >= 11 is 0. The summed E-state index contributed by atoms with van der Waals surface area (Å²) in [7, 11) is 2.01. The summed E-state index contributed by atoms with van der Waals surface area (Å²) in [5.41, 5.74) is -0.00144. The van der Waals surface area contributed by atoms with Gasteiger partial charge in [0.05, 0.1) is 6.61 Å². The average Bonchev–Trinajstić information content (AvgIpc) is 2.96. The predicted octanol–water partition coefficient (Wildman–Crippen LogP) is 1.54. The van der Waals surface area contributed by atoms with Crippen LogP contribution in [0.25, 0.3) is 0 Å². The van der Waals surface area contributed by atoms with E-state index in [1.54, 1.807) is 0 Å². The standard InChI is InChI=1S/C17H35N3O/c1-4-15(2)20-12-10-19(11-13-20)9-7-16-6-5-8-17(16,14-21)18-3/h15-16,18,21H,4-14H2,1-3H3. The summed E-state index contributed by atoms with van der Waals surface area (Å²) in [4.78, 5) is 5.24. The lowest BCUT2D eigenvalue weighted by atomic mass is 9.85. The maximum absolute atomic E-state index is 9.76. The number of hydrogen-bond acceptors (Lipinski definition) is 4. The molecular weight excluding hydrogens is 262 g/mol. The Kier molecular flexibility index (Phi) is 6.48. The third-order valence-electron chi connectivity index (χ3n) is 6.15. The fourth-order valence-electron chi connectivity index (χ4n) is 4.21. The van der Waals surface area contributed by atoms with E-state index >= 15 is 0 Å². The second-order valence-electron chi connectivity index (χ2n) is 7.08. The fourth-order valence-corrected chi connectivity index (χ4v) is 4.21. The van der Waals surface area contributed by atoms with Crippen molar-refractivity contribution >= 4 is 0 Å². The average molecular weight is 297 g/mol. The molecule has 0 amide bonds. The number of aliphatic hydroxyl groups is 1. The monoisotopic (exact) mass is 297 g/mol. The van der Waals surface area contributed by atoms with Crippen LogP contribution < -0.4 is 5.32 Å². The number of piperazine rings is 1. The smallest absolute Gasteiger partial charge is 0.0615 e. The van der Waals surface area contributed by atoms with E-state index in [-0.39, 0.29) is 12.1 Å². The minimum Gasteiger partial charge on any atom is -0.394 e. The SMILES string of the molecule is CCC(C)N1CCN(CCC2CCCC2(CO)NC)CC1. The van der Waals surface area contributed by atoms with Gasteiger partial charge in [-0.2, -0.15) is 0 Å². The van der Waals surface area contributed by atoms with Crippen LogP contribution >= 0.6 is 0 Å². The topological polar surface area (TPSA) is 38.7 Å². The van der Waals surface area contributed by atoms with E-state index in [4.69, 9.17) is 0 Å². The molecule has 124 valence electrons. The fraction of sp³-hybridized carbons (Fsp3) is 1.00. The van der Waals surface area contributed by atoms with Crippen molar-refractivity contribution in [2.24, 2.45) is 5.92 Å². The molecule has 1 saturated heterocycles. The molecule has 1 aliphatic heterocycles. The number of rotatable bonds is 7. The van der Waals surface area contributed by atoms with Crippen LogP contribution in [0.5, 0.6) is 0 Å². The summed E-state index contributed by atoms with van der Waals surface area (Å²) in [6, 6.07) is 0.730. The van der Waals surface area contributed by atoms with Gasteiger partial charge in [0, 0.05) is 37.8 Å². The zero-order valence-corrected chi connectivity index (χ0v) is 14.3. The zero-order chi connectivity index (χ0) is 15.3. The van der Waals surface area contributed by atoms with Crippen LogP contribution in [0.15, 0.2) is 0 Å². The summed E-state index contributed by atoms with van der Waals surface area (Å²) in [6.45, 7) is 11.0. The van der Waals surface area contributed by atoms with Gasteiger partial charge in [0.1, 0.15) is 0 Å². The third kappa shape index (κ3) is 3.98. The number of nitrogens with one attached hydrogen (secondary N) is 1. The summed E-state index contributed by atoms with van der Waals surface area (Å²) in [6.07, 6.45) is 6.14. The van der Waals surface area contributed by atoms with Gasteiger partial charge in [-0.05, 0) is 52.1 Å². The van der Waals surface area contributed by atoms with E-state index in [9.17, 15) is 5.11 Å². The van der Waals surface area contributed by atoms with Gasteiger partial charge in [0.25, 0.3) is 0 Å². The Bertz CT molecular complexity index is 298. The molecule has 3 atom stereocenters. The predicted molar refractivity (Wildman–Crippen MR) is 88.6 cm³/mol. The molecule has 0 radical (unpaired) electrons. The molecule has 0 aromatic heterocycles. The first-order chi connectivity index (χ1) is 10.1. The largest absolute Gasteiger partial charge is 0.394 e. The number of nitrogens with zero attached hydrogens (tertiary/aromatic N) is 2. The molecule has 2 fully saturated rings. The van der Waals surface area contributed by atoms with E-state index in [0.717, 1.165) is 12.5 Å². The van der Waals surface area contributed by atoms with Crippen molar-refractivity contribution in [2.45, 2.75) is 57.5 Å². The van der Waals surface area contributed by atoms with Gasteiger partial charge < -0.3 is 15.3 Å².